The number of halogens is 2. The Morgan fingerprint density at radius 1 is 1.27 bits per heavy atom. The monoisotopic (exact) mass is 527 g/mol. The number of carbonyl (C=O) groups excluding carboxylic acids is 1. The number of amides is 1. The van der Waals surface area contributed by atoms with Gasteiger partial charge in [0.25, 0.3) is 0 Å². The number of nitrogens with one attached hydrogen (secondary N) is 2. The van der Waals surface area contributed by atoms with Crippen LogP contribution in [-0.4, -0.2) is 60.7 Å². The average molecular weight is 528 g/mol. The Balaban J connectivity index is 1.53. The van der Waals surface area contributed by atoms with Crippen LogP contribution in [0.3, 0.4) is 0 Å². The van der Waals surface area contributed by atoms with Crippen LogP contribution < -0.4 is 15.4 Å². The maximum Gasteiger partial charge on any atom is 0.248 e. The molecule has 0 atom stereocenters. The minimum Gasteiger partial charge on any atom is -0.488 e. The number of nitrogens with zero attached hydrogens (tertiary/aromatic N) is 3. The van der Waals surface area contributed by atoms with E-state index in [0.717, 1.165) is 37.6 Å². The van der Waals surface area contributed by atoms with Gasteiger partial charge in [-0.3, -0.25) is 4.79 Å². The van der Waals surface area contributed by atoms with Crippen LogP contribution in [-0.2, 0) is 9.53 Å². The molecule has 2 aromatic carbocycles. The van der Waals surface area contributed by atoms with Gasteiger partial charge in [-0.15, -0.1) is 0 Å². The molecule has 0 spiro atoms. The summed E-state index contributed by atoms with van der Waals surface area (Å²) in [4.78, 5) is 23.7. The molecule has 1 aliphatic carbocycles. The van der Waals surface area contributed by atoms with Crippen molar-refractivity contribution in [2.75, 3.05) is 44.5 Å². The summed E-state index contributed by atoms with van der Waals surface area (Å²) >= 11 is 5.88. The molecule has 8 nitrogen and oxygen atoms in total. The molecule has 1 aromatic heterocycles. The van der Waals surface area contributed by atoms with Gasteiger partial charge in [-0.25, -0.2) is 14.4 Å². The quantitative estimate of drug-likeness (QED) is 0.315. The van der Waals surface area contributed by atoms with Gasteiger partial charge in [0, 0.05) is 49.6 Å². The zero-order valence-corrected chi connectivity index (χ0v) is 21.7. The highest BCUT2D eigenvalue weighted by Crippen LogP contribution is 2.34. The molecule has 0 radical (unpaired) electrons. The predicted molar refractivity (Wildman–Crippen MR) is 144 cm³/mol. The van der Waals surface area contributed by atoms with E-state index in [-0.39, 0.29) is 17.0 Å². The smallest absolute Gasteiger partial charge is 0.248 e. The average Bonchev–Trinajstić information content (AvgIpc) is 3.38. The zero-order chi connectivity index (χ0) is 26.2. The van der Waals surface area contributed by atoms with E-state index in [1.165, 1.54) is 18.2 Å². The standard InChI is InChI=1S/C27H31ClFN5O3/c1-34(12-13-36-2)11-5-8-26(35)32-24-14-18-17-30-27(31-19-9-10-22(29)21(28)15-19)33-23(18)16-25(24)37-20-6-3-4-7-20/h5,8-10,14-17,20H,3-4,6-7,11-13H2,1-2H3,(H,32,35)(H,30,31,33). The molecule has 1 amide bonds. The van der Waals surface area contributed by atoms with E-state index >= 15 is 0 Å². The number of ether oxygens (including phenoxy) is 2. The molecule has 4 rings (SSSR count). The van der Waals surface area contributed by atoms with Gasteiger partial charge >= 0.3 is 0 Å². The molecule has 0 bridgehead atoms. The maximum atomic E-state index is 13.5. The Hall–Kier alpha value is -3.27. The topological polar surface area (TPSA) is 88.6 Å². The number of hydrogen-bond donors (Lipinski definition) is 2. The number of benzene rings is 2. The molecule has 1 saturated carbocycles. The fraction of sp³-hybridized carbons (Fsp3) is 0.370. The summed E-state index contributed by atoms with van der Waals surface area (Å²) in [7, 11) is 3.63. The van der Waals surface area contributed by atoms with Gasteiger partial charge in [0.1, 0.15) is 11.6 Å². The van der Waals surface area contributed by atoms with Crippen molar-refractivity contribution in [1.82, 2.24) is 14.9 Å². The van der Waals surface area contributed by atoms with Crippen molar-refractivity contribution < 1.29 is 18.7 Å². The molecule has 0 saturated heterocycles. The van der Waals surface area contributed by atoms with Gasteiger partial charge in [-0.05, 0) is 57.0 Å². The first-order valence-electron chi connectivity index (χ1n) is 12.3. The molecule has 37 heavy (non-hydrogen) atoms. The number of fused-ring (bicyclic) bond motifs is 1. The van der Waals surface area contributed by atoms with Crippen molar-refractivity contribution in [3.63, 3.8) is 0 Å². The summed E-state index contributed by atoms with van der Waals surface area (Å²) in [6.07, 6.45) is 9.27. The van der Waals surface area contributed by atoms with Crippen LogP contribution in [0.25, 0.3) is 10.9 Å². The van der Waals surface area contributed by atoms with E-state index in [2.05, 4.69) is 25.5 Å². The minimum absolute atomic E-state index is 0.00842. The molecule has 3 aromatic rings. The van der Waals surface area contributed by atoms with Crippen molar-refractivity contribution in [1.29, 1.82) is 0 Å². The van der Waals surface area contributed by atoms with Crippen molar-refractivity contribution in [2.24, 2.45) is 0 Å². The van der Waals surface area contributed by atoms with Crippen LogP contribution in [0.15, 0.2) is 48.7 Å². The first-order valence-corrected chi connectivity index (χ1v) is 12.6. The van der Waals surface area contributed by atoms with E-state index < -0.39 is 5.82 Å². The number of likely N-dealkylation sites (N-methyl/N-ethyl adjacent to an activating group) is 1. The number of anilines is 3. The van der Waals surface area contributed by atoms with Gasteiger partial charge in [-0.2, -0.15) is 0 Å². The number of aromatic nitrogens is 2. The molecule has 1 fully saturated rings. The largest absolute Gasteiger partial charge is 0.488 e. The fourth-order valence-corrected chi connectivity index (χ4v) is 4.24. The lowest BCUT2D eigenvalue weighted by molar-refractivity contribution is -0.111. The van der Waals surface area contributed by atoms with E-state index in [4.69, 9.17) is 21.1 Å². The summed E-state index contributed by atoms with van der Waals surface area (Å²) in [6.45, 7) is 2.03. The van der Waals surface area contributed by atoms with E-state index in [0.29, 0.717) is 41.7 Å². The highest BCUT2D eigenvalue weighted by molar-refractivity contribution is 6.31. The van der Waals surface area contributed by atoms with E-state index in [9.17, 15) is 9.18 Å². The predicted octanol–water partition coefficient (Wildman–Crippen LogP) is 5.56. The molecule has 2 N–H and O–H groups in total. The number of rotatable bonds is 11. The highest BCUT2D eigenvalue weighted by Gasteiger charge is 2.19. The Bertz CT molecular complexity index is 1270. The Morgan fingerprint density at radius 2 is 2.08 bits per heavy atom. The van der Waals surface area contributed by atoms with Crippen molar-refractivity contribution >= 4 is 45.7 Å². The molecule has 1 heterocycles. The number of carbonyl (C=O) groups is 1. The first kappa shape index (κ1) is 26.8. The van der Waals surface area contributed by atoms with Crippen LogP contribution in [0.4, 0.5) is 21.7 Å². The summed E-state index contributed by atoms with van der Waals surface area (Å²) in [6, 6.07) is 7.94. The van der Waals surface area contributed by atoms with Crippen LogP contribution in [0, 0.1) is 5.82 Å². The number of methoxy groups -OCH3 is 1. The molecular formula is C27H31ClFN5O3. The highest BCUT2D eigenvalue weighted by atomic mass is 35.5. The zero-order valence-electron chi connectivity index (χ0n) is 21.0. The lowest BCUT2D eigenvalue weighted by atomic mass is 10.2. The van der Waals surface area contributed by atoms with Gasteiger partial charge in [0.05, 0.1) is 28.9 Å². The van der Waals surface area contributed by atoms with Crippen LogP contribution in [0.5, 0.6) is 5.75 Å². The van der Waals surface area contributed by atoms with Gasteiger partial charge in [0.2, 0.25) is 11.9 Å². The molecular weight excluding hydrogens is 497 g/mol. The van der Waals surface area contributed by atoms with Crippen LogP contribution >= 0.6 is 11.6 Å². The fourth-order valence-electron chi connectivity index (χ4n) is 4.06. The lowest BCUT2D eigenvalue weighted by Gasteiger charge is -2.18. The SMILES string of the molecule is COCCN(C)CC=CC(=O)Nc1cc2cnc(Nc3ccc(F)c(Cl)c3)nc2cc1OC1CCCC1. The van der Waals surface area contributed by atoms with Crippen molar-refractivity contribution in [3.8, 4) is 5.75 Å². The van der Waals surface area contributed by atoms with Gasteiger partial charge in [-0.1, -0.05) is 17.7 Å². The molecule has 196 valence electrons. The lowest BCUT2D eigenvalue weighted by Crippen LogP contribution is -2.23. The minimum atomic E-state index is -0.497. The number of hydrogen-bond acceptors (Lipinski definition) is 7. The van der Waals surface area contributed by atoms with Crippen LogP contribution in [0.1, 0.15) is 25.7 Å². The molecule has 0 aliphatic heterocycles. The summed E-state index contributed by atoms with van der Waals surface area (Å²) in [5.41, 5.74) is 1.78. The second kappa shape index (κ2) is 12.8. The molecule has 1 aliphatic rings. The normalized spacial score (nSPS) is 14.1. The maximum absolute atomic E-state index is 13.5. The summed E-state index contributed by atoms with van der Waals surface area (Å²) < 4.78 is 24.9. The van der Waals surface area contributed by atoms with E-state index in [1.807, 2.05) is 25.3 Å². The third kappa shape index (κ3) is 7.61. The van der Waals surface area contributed by atoms with Gasteiger partial charge < -0.3 is 25.0 Å². The third-order valence-electron chi connectivity index (χ3n) is 6.07. The first-order chi connectivity index (χ1) is 17.9. The summed E-state index contributed by atoms with van der Waals surface area (Å²) in [5, 5.41) is 6.73. The second-order valence-corrected chi connectivity index (χ2v) is 9.43. The van der Waals surface area contributed by atoms with Crippen molar-refractivity contribution in [3.05, 3.63) is 59.5 Å². The summed E-state index contributed by atoms with van der Waals surface area (Å²) in [5.74, 6) is 0.151. The van der Waals surface area contributed by atoms with E-state index in [1.54, 1.807) is 19.4 Å². The Kier molecular flexibility index (Phi) is 9.27. The Labute approximate surface area is 220 Å². The molecule has 10 heteroatoms. The van der Waals surface area contributed by atoms with Crippen molar-refractivity contribution in [2.45, 2.75) is 31.8 Å². The van der Waals surface area contributed by atoms with Crippen LogP contribution in [0.2, 0.25) is 5.02 Å². The second-order valence-electron chi connectivity index (χ2n) is 9.03. The molecule has 0 unspecified atom stereocenters. The van der Waals surface area contributed by atoms with Gasteiger partial charge in [0.15, 0.2) is 0 Å². The Morgan fingerprint density at radius 3 is 2.84 bits per heavy atom. The third-order valence-corrected chi connectivity index (χ3v) is 6.36.